The molecule has 3 nitrogen and oxygen atoms in total. The molecule has 0 aliphatic carbocycles. The number of pyridine rings is 1. The van der Waals surface area contributed by atoms with Crippen molar-refractivity contribution >= 4 is 5.82 Å². The highest BCUT2D eigenvalue weighted by atomic mass is 16.5. The van der Waals surface area contributed by atoms with Crippen LogP contribution in [0.25, 0.3) is 0 Å². The maximum Gasteiger partial charge on any atom is 0.126 e. The number of aromatic nitrogens is 1. The van der Waals surface area contributed by atoms with Crippen molar-refractivity contribution in [3.63, 3.8) is 0 Å². The summed E-state index contributed by atoms with van der Waals surface area (Å²) in [5.74, 6) is 1.49. The van der Waals surface area contributed by atoms with Gasteiger partial charge in [0.05, 0.1) is 6.61 Å². The second-order valence-electron chi connectivity index (χ2n) is 3.80. The highest BCUT2D eigenvalue weighted by molar-refractivity contribution is 5.42. The molecule has 3 heteroatoms. The second kappa shape index (κ2) is 5.34. The Labute approximate surface area is 101 Å². The molecule has 0 amide bonds. The Kier molecular flexibility index (Phi) is 3.60. The average Bonchev–Trinajstić information content (AvgIpc) is 2.33. The third-order valence-electron chi connectivity index (χ3n) is 2.53. The summed E-state index contributed by atoms with van der Waals surface area (Å²) >= 11 is 0. The number of ether oxygens (including phenoxy) is 1. The molecule has 0 aliphatic heterocycles. The third-order valence-corrected chi connectivity index (χ3v) is 2.53. The summed E-state index contributed by atoms with van der Waals surface area (Å²) in [6.07, 6.45) is 2.48. The molecule has 0 fully saturated rings. The van der Waals surface area contributed by atoms with Crippen LogP contribution in [0.4, 0.5) is 5.82 Å². The predicted molar refractivity (Wildman–Crippen MR) is 69.1 cm³/mol. The number of anilines is 1. The molecule has 2 rings (SSSR count). The van der Waals surface area contributed by atoms with Gasteiger partial charge in [-0.3, -0.25) is 0 Å². The number of nitrogen functional groups attached to an aromatic ring is 1. The molecule has 0 unspecified atom stereocenters. The Hall–Kier alpha value is -2.03. The minimum atomic E-state index is 0.592. The van der Waals surface area contributed by atoms with Crippen molar-refractivity contribution in [2.75, 3.05) is 12.3 Å². The van der Waals surface area contributed by atoms with Gasteiger partial charge in [-0.05, 0) is 36.2 Å². The van der Waals surface area contributed by atoms with E-state index in [0.717, 1.165) is 17.7 Å². The maximum atomic E-state index is 5.82. The number of nitrogens with zero attached hydrogens (tertiary/aromatic N) is 1. The SMILES string of the molecule is CCOc1cccc(Cc2cccnc2N)c1. The Bertz CT molecular complexity index is 497. The zero-order chi connectivity index (χ0) is 12.1. The van der Waals surface area contributed by atoms with Gasteiger partial charge in [-0.25, -0.2) is 4.98 Å². The first-order valence-electron chi connectivity index (χ1n) is 5.70. The quantitative estimate of drug-likeness (QED) is 0.875. The van der Waals surface area contributed by atoms with E-state index >= 15 is 0 Å². The fraction of sp³-hybridized carbons (Fsp3) is 0.214. The largest absolute Gasteiger partial charge is 0.494 e. The predicted octanol–water partition coefficient (Wildman–Crippen LogP) is 2.65. The van der Waals surface area contributed by atoms with Gasteiger partial charge < -0.3 is 10.5 Å². The van der Waals surface area contributed by atoms with Crippen LogP contribution in [-0.4, -0.2) is 11.6 Å². The van der Waals surface area contributed by atoms with Gasteiger partial charge in [0, 0.05) is 12.6 Å². The molecule has 1 heterocycles. The van der Waals surface area contributed by atoms with E-state index in [1.54, 1.807) is 6.20 Å². The number of hydrogen-bond donors (Lipinski definition) is 1. The molecule has 0 aliphatic rings. The smallest absolute Gasteiger partial charge is 0.126 e. The molecule has 1 aromatic heterocycles. The van der Waals surface area contributed by atoms with Crippen LogP contribution < -0.4 is 10.5 Å². The van der Waals surface area contributed by atoms with Gasteiger partial charge in [0.1, 0.15) is 11.6 Å². The first-order valence-corrected chi connectivity index (χ1v) is 5.70. The summed E-state index contributed by atoms with van der Waals surface area (Å²) in [6.45, 7) is 2.66. The van der Waals surface area contributed by atoms with Gasteiger partial charge in [0.15, 0.2) is 0 Å². The maximum absolute atomic E-state index is 5.82. The Morgan fingerprint density at radius 2 is 2.12 bits per heavy atom. The van der Waals surface area contributed by atoms with Gasteiger partial charge in [0.2, 0.25) is 0 Å². The average molecular weight is 228 g/mol. The molecule has 17 heavy (non-hydrogen) atoms. The van der Waals surface area contributed by atoms with E-state index < -0.39 is 0 Å². The van der Waals surface area contributed by atoms with E-state index in [2.05, 4.69) is 11.1 Å². The topological polar surface area (TPSA) is 48.1 Å². The zero-order valence-electron chi connectivity index (χ0n) is 9.89. The fourth-order valence-corrected chi connectivity index (χ4v) is 1.73. The third kappa shape index (κ3) is 2.97. The number of rotatable bonds is 4. The van der Waals surface area contributed by atoms with Gasteiger partial charge in [-0.1, -0.05) is 18.2 Å². The summed E-state index contributed by atoms with van der Waals surface area (Å²) < 4.78 is 5.47. The van der Waals surface area contributed by atoms with E-state index in [-0.39, 0.29) is 0 Å². The molecule has 0 bridgehead atoms. The molecule has 0 atom stereocenters. The molecular weight excluding hydrogens is 212 g/mol. The first kappa shape index (κ1) is 11.5. The Morgan fingerprint density at radius 3 is 2.88 bits per heavy atom. The summed E-state index contributed by atoms with van der Waals surface area (Å²) in [6, 6.07) is 11.9. The standard InChI is InChI=1S/C14H16N2O/c1-2-17-13-7-3-5-11(10-13)9-12-6-4-8-16-14(12)15/h3-8,10H,2,9H2,1H3,(H2,15,16). The monoisotopic (exact) mass is 228 g/mol. The van der Waals surface area contributed by atoms with Crippen molar-refractivity contribution in [2.45, 2.75) is 13.3 Å². The summed E-state index contributed by atoms with van der Waals surface area (Å²) in [7, 11) is 0. The Morgan fingerprint density at radius 1 is 1.24 bits per heavy atom. The lowest BCUT2D eigenvalue weighted by atomic mass is 10.1. The Balaban J connectivity index is 2.18. The highest BCUT2D eigenvalue weighted by Gasteiger charge is 2.02. The van der Waals surface area contributed by atoms with Crippen LogP contribution in [0, 0.1) is 0 Å². The molecule has 2 N–H and O–H groups in total. The van der Waals surface area contributed by atoms with Gasteiger partial charge in [0.25, 0.3) is 0 Å². The number of benzene rings is 1. The molecular formula is C14H16N2O. The summed E-state index contributed by atoms with van der Waals surface area (Å²) in [5.41, 5.74) is 8.04. The minimum Gasteiger partial charge on any atom is -0.494 e. The molecule has 1 aromatic carbocycles. The van der Waals surface area contributed by atoms with E-state index in [4.69, 9.17) is 10.5 Å². The molecule has 0 radical (unpaired) electrons. The van der Waals surface area contributed by atoms with Crippen LogP contribution >= 0.6 is 0 Å². The fourth-order valence-electron chi connectivity index (χ4n) is 1.73. The minimum absolute atomic E-state index is 0.592. The normalized spacial score (nSPS) is 10.2. The number of nitrogens with two attached hydrogens (primary N) is 1. The van der Waals surface area contributed by atoms with Crippen LogP contribution in [0.15, 0.2) is 42.6 Å². The van der Waals surface area contributed by atoms with E-state index in [9.17, 15) is 0 Å². The van der Waals surface area contributed by atoms with Gasteiger partial charge in [-0.15, -0.1) is 0 Å². The second-order valence-corrected chi connectivity index (χ2v) is 3.80. The zero-order valence-corrected chi connectivity index (χ0v) is 9.89. The molecule has 0 saturated carbocycles. The van der Waals surface area contributed by atoms with E-state index in [1.165, 1.54) is 5.56 Å². The summed E-state index contributed by atoms with van der Waals surface area (Å²) in [5, 5.41) is 0. The van der Waals surface area contributed by atoms with Gasteiger partial charge in [-0.2, -0.15) is 0 Å². The van der Waals surface area contributed by atoms with Crippen LogP contribution in [0.2, 0.25) is 0 Å². The van der Waals surface area contributed by atoms with Crippen LogP contribution in [0.1, 0.15) is 18.1 Å². The van der Waals surface area contributed by atoms with Crippen molar-refractivity contribution in [1.82, 2.24) is 4.98 Å². The van der Waals surface area contributed by atoms with Crippen LogP contribution in [0.3, 0.4) is 0 Å². The van der Waals surface area contributed by atoms with Crippen molar-refractivity contribution in [2.24, 2.45) is 0 Å². The summed E-state index contributed by atoms with van der Waals surface area (Å²) in [4.78, 5) is 4.08. The lowest BCUT2D eigenvalue weighted by Crippen LogP contribution is -1.98. The van der Waals surface area contributed by atoms with E-state index in [1.807, 2.05) is 37.3 Å². The van der Waals surface area contributed by atoms with E-state index in [0.29, 0.717) is 12.4 Å². The molecule has 88 valence electrons. The molecule has 0 spiro atoms. The number of hydrogen-bond acceptors (Lipinski definition) is 3. The van der Waals surface area contributed by atoms with Crippen LogP contribution in [-0.2, 0) is 6.42 Å². The van der Waals surface area contributed by atoms with Gasteiger partial charge >= 0.3 is 0 Å². The lowest BCUT2D eigenvalue weighted by molar-refractivity contribution is 0.340. The molecule has 0 saturated heterocycles. The van der Waals surface area contributed by atoms with Crippen molar-refractivity contribution < 1.29 is 4.74 Å². The first-order chi connectivity index (χ1) is 8.29. The lowest BCUT2D eigenvalue weighted by Gasteiger charge is -2.07. The molecule has 2 aromatic rings. The van der Waals surface area contributed by atoms with Crippen LogP contribution in [0.5, 0.6) is 5.75 Å². The van der Waals surface area contributed by atoms with Crippen molar-refractivity contribution in [1.29, 1.82) is 0 Å². The van der Waals surface area contributed by atoms with Crippen molar-refractivity contribution in [3.8, 4) is 5.75 Å². The van der Waals surface area contributed by atoms with Crippen molar-refractivity contribution in [3.05, 3.63) is 53.7 Å². The highest BCUT2D eigenvalue weighted by Crippen LogP contribution is 2.18.